The molecule has 0 spiro atoms. The van der Waals surface area contributed by atoms with E-state index in [2.05, 4.69) is 20.7 Å². The van der Waals surface area contributed by atoms with Crippen molar-refractivity contribution >= 4 is 37.7 Å². The first-order valence-electron chi connectivity index (χ1n) is 5.74. The Kier molecular flexibility index (Phi) is 6.32. The van der Waals surface area contributed by atoms with Crippen LogP contribution >= 0.6 is 27.7 Å². The molecule has 0 aliphatic rings. The predicted molar refractivity (Wildman–Crippen MR) is 83.0 cm³/mol. The lowest BCUT2D eigenvalue weighted by Crippen LogP contribution is -2.41. The fourth-order valence-corrected chi connectivity index (χ4v) is 4.21. The van der Waals surface area contributed by atoms with Crippen LogP contribution in [-0.2, 0) is 10.0 Å². The molecular formula is C12H18BrNO3S2. The molecular weight excluding hydrogens is 350 g/mol. The third-order valence-corrected chi connectivity index (χ3v) is 5.64. The third kappa shape index (κ3) is 5.43. The van der Waals surface area contributed by atoms with Crippen molar-refractivity contribution in [1.29, 1.82) is 0 Å². The highest BCUT2D eigenvalue weighted by Gasteiger charge is 2.24. The Labute approximate surface area is 127 Å². The van der Waals surface area contributed by atoms with Gasteiger partial charge in [-0.1, -0.05) is 12.1 Å². The normalized spacial score (nSPS) is 15.2. The lowest BCUT2D eigenvalue weighted by Gasteiger charge is -2.23. The van der Waals surface area contributed by atoms with Crippen molar-refractivity contribution in [2.45, 2.75) is 23.8 Å². The molecule has 0 amide bonds. The fraction of sp³-hybridized carbons (Fsp3) is 0.500. The quantitative estimate of drug-likeness (QED) is 0.775. The third-order valence-electron chi connectivity index (χ3n) is 2.61. The summed E-state index contributed by atoms with van der Waals surface area (Å²) in [7, 11) is -3.61. The zero-order valence-electron chi connectivity index (χ0n) is 10.9. The lowest BCUT2D eigenvalue weighted by molar-refractivity contribution is 0.0626. The van der Waals surface area contributed by atoms with Crippen LogP contribution in [0.2, 0.25) is 0 Å². The van der Waals surface area contributed by atoms with Crippen molar-refractivity contribution in [2.24, 2.45) is 0 Å². The number of aliphatic hydroxyl groups is 1. The molecule has 4 nitrogen and oxygen atoms in total. The second kappa shape index (κ2) is 7.08. The molecule has 1 atom stereocenters. The number of thioether (sulfide) groups is 1. The highest BCUT2D eigenvalue weighted by Crippen LogP contribution is 2.21. The van der Waals surface area contributed by atoms with Crippen LogP contribution in [0.1, 0.15) is 13.3 Å². The molecule has 0 heterocycles. The van der Waals surface area contributed by atoms with Crippen LogP contribution in [0.25, 0.3) is 0 Å². The molecule has 0 radical (unpaired) electrons. The van der Waals surface area contributed by atoms with Gasteiger partial charge in [0, 0.05) is 11.0 Å². The summed E-state index contributed by atoms with van der Waals surface area (Å²) in [5, 5.41) is 10.1. The molecule has 0 aliphatic heterocycles. The van der Waals surface area contributed by atoms with Gasteiger partial charge in [0.2, 0.25) is 10.0 Å². The van der Waals surface area contributed by atoms with Crippen LogP contribution in [-0.4, -0.2) is 37.7 Å². The monoisotopic (exact) mass is 367 g/mol. The van der Waals surface area contributed by atoms with Crippen molar-refractivity contribution < 1.29 is 13.5 Å². The molecule has 1 aromatic rings. The van der Waals surface area contributed by atoms with Crippen molar-refractivity contribution in [1.82, 2.24) is 4.72 Å². The lowest BCUT2D eigenvalue weighted by atomic mass is 10.1. The summed E-state index contributed by atoms with van der Waals surface area (Å²) >= 11 is 4.83. The maximum atomic E-state index is 12.1. The molecule has 0 aromatic heterocycles. The maximum absolute atomic E-state index is 12.1. The Balaban J connectivity index is 2.74. The van der Waals surface area contributed by atoms with Gasteiger partial charge in [-0.15, -0.1) is 0 Å². The van der Waals surface area contributed by atoms with Gasteiger partial charge in [0.05, 0.1) is 10.5 Å². The van der Waals surface area contributed by atoms with Crippen LogP contribution in [0.15, 0.2) is 33.6 Å². The number of rotatable bonds is 7. The summed E-state index contributed by atoms with van der Waals surface area (Å²) in [6.07, 6.45) is 2.48. The molecule has 0 saturated carbocycles. The molecule has 0 fully saturated rings. The summed E-state index contributed by atoms with van der Waals surface area (Å²) in [4.78, 5) is 0.177. The summed E-state index contributed by atoms with van der Waals surface area (Å²) in [6, 6.07) is 6.59. The second-order valence-electron chi connectivity index (χ2n) is 4.49. The number of hydrogen-bond donors (Lipinski definition) is 2. The molecule has 1 rings (SSSR count). The van der Waals surface area contributed by atoms with Gasteiger partial charge in [0.25, 0.3) is 0 Å². The summed E-state index contributed by atoms with van der Waals surface area (Å²) < 4.78 is 27.2. The van der Waals surface area contributed by atoms with Gasteiger partial charge in [-0.3, -0.25) is 0 Å². The summed E-state index contributed by atoms with van der Waals surface area (Å²) in [6.45, 7) is 1.63. The van der Waals surface area contributed by atoms with Gasteiger partial charge in [-0.25, -0.2) is 13.1 Å². The Morgan fingerprint density at radius 1 is 1.42 bits per heavy atom. The first-order chi connectivity index (χ1) is 8.78. The molecule has 0 bridgehead atoms. The van der Waals surface area contributed by atoms with Crippen LogP contribution < -0.4 is 4.72 Å². The van der Waals surface area contributed by atoms with E-state index >= 15 is 0 Å². The van der Waals surface area contributed by atoms with Gasteiger partial charge in [0.1, 0.15) is 0 Å². The summed E-state index contributed by atoms with van der Waals surface area (Å²) in [5.74, 6) is 0.782. The van der Waals surface area contributed by atoms with Gasteiger partial charge in [-0.05, 0) is 53.4 Å². The van der Waals surface area contributed by atoms with E-state index in [1.54, 1.807) is 36.9 Å². The van der Waals surface area contributed by atoms with E-state index in [-0.39, 0.29) is 11.4 Å². The van der Waals surface area contributed by atoms with Crippen molar-refractivity contribution in [2.75, 3.05) is 18.6 Å². The average Bonchev–Trinajstić information content (AvgIpc) is 2.35. The van der Waals surface area contributed by atoms with Crippen molar-refractivity contribution in [3.8, 4) is 0 Å². The fourth-order valence-electron chi connectivity index (χ4n) is 1.40. The predicted octanol–water partition coefficient (Wildman–Crippen LogP) is 2.23. The molecule has 0 aliphatic carbocycles. The Morgan fingerprint density at radius 2 is 2.05 bits per heavy atom. The smallest absolute Gasteiger partial charge is 0.241 e. The molecule has 2 N–H and O–H groups in total. The number of sulfonamides is 1. The minimum atomic E-state index is -3.61. The standard InChI is InChI=1S/C12H18BrNO3S2/c1-12(15,7-8-18-2)9-14-19(16,17)11-6-4-3-5-10(11)13/h3-6,14-15H,7-9H2,1-2H3. The molecule has 1 aromatic carbocycles. The number of halogens is 1. The minimum absolute atomic E-state index is 0.00275. The Morgan fingerprint density at radius 3 is 2.63 bits per heavy atom. The van der Waals surface area contributed by atoms with Crippen LogP contribution in [0.5, 0.6) is 0 Å². The van der Waals surface area contributed by atoms with Gasteiger partial charge >= 0.3 is 0 Å². The molecule has 108 valence electrons. The molecule has 0 saturated heterocycles. The largest absolute Gasteiger partial charge is 0.389 e. The van der Waals surface area contributed by atoms with E-state index in [1.165, 1.54) is 6.07 Å². The van der Waals surface area contributed by atoms with Gasteiger partial charge in [0.15, 0.2) is 0 Å². The van der Waals surface area contributed by atoms with Crippen molar-refractivity contribution in [3.05, 3.63) is 28.7 Å². The van der Waals surface area contributed by atoms with Crippen LogP contribution in [0.4, 0.5) is 0 Å². The SMILES string of the molecule is CSCCC(C)(O)CNS(=O)(=O)c1ccccc1Br. The number of nitrogens with one attached hydrogen (secondary N) is 1. The van der Waals surface area contributed by atoms with E-state index in [1.807, 2.05) is 6.26 Å². The zero-order chi connectivity index (χ0) is 14.5. The highest BCUT2D eigenvalue weighted by molar-refractivity contribution is 9.10. The van der Waals surface area contributed by atoms with Crippen LogP contribution in [0, 0.1) is 0 Å². The highest BCUT2D eigenvalue weighted by atomic mass is 79.9. The first-order valence-corrected chi connectivity index (χ1v) is 9.41. The maximum Gasteiger partial charge on any atom is 0.241 e. The van der Waals surface area contributed by atoms with E-state index in [9.17, 15) is 13.5 Å². The van der Waals surface area contributed by atoms with Gasteiger partial charge < -0.3 is 5.11 Å². The molecule has 1 unspecified atom stereocenters. The average molecular weight is 368 g/mol. The molecule has 7 heteroatoms. The first kappa shape index (κ1) is 17.0. The molecule has 19 heavy (non-hydrogen) atoms. The van der Waals surface area contributed by atoms with Crippen molar-refractivity contribution in [3.63, 3.8) is 0 Å². The van der Waals surface area contributed by atoms with E-state index in [0.29, 0.717) is 10.9 Å². The van der Waals surface area contributed by atoms with Crippen LogP contribution in [0.3, 0.4) is 0 Å². The second-order valence-corrected chi connectivity index (χ2v) is 8.07. The number of benzene rings is 1. The minimum Gasteiger partial charge on any atom is -0.389 e. The Bertz CT molecular complexity index is 517. The Hall–Kier alpha value is -0.0800. The summed E-state index contributed by atoms with van der Waals surface area (Å²) in [5.41, 5.74) is -1.04. The topological polar surface area (TPSA) is 66.4 Å². The van der Waals surface area contributed by atoms with E-state index in [4.69, 9.17) is 0 Å². The number of hydrogen-bond acceptors (Lipinski definition) is 4. The van der Waals surface area contributed by atoms with E-state index in [0.717, 1.165) is 5.75 Å². The zero-order valence-corrected chi connectivity index (χ0v) is 14.1. The van der Waals surface area contributed by atoms with Gasteiger partial charge in [-0.2, -0.15) is 11.8 Å². The van der Waals surface area contributed by atoms with E-state index < -0.39 is 15.6 Å².